The number of pyridine rings is 1. The summed E-state index contributed by atoms with van der Waals surface area (Å²) in [5, 5.41) is 3.23. The second-order valence-electron chi connectivity index (χ2n) is 6.12. The van der Waals surface area contributed by atoms with Crippen LogP contribution in [0.2, 0.25) is 0 Å². The highest BCUT2D eigenvalue weighted by molar-refractivity contribution is 5.47. The number of hydrogen-bond acceptors (Lipinski definition) is 4. The number of halogens is 2. The predicted octanol–water partition coefficient (Wildman–Crippen LogP) is 2.40. The van der Waals surface area contributed by atoms with Gasteiger partial charge in [-0.2, -0.15) is 0 Å². The SMILES string of the molecule is CN1CCN(c2ncccc2CNCc2ccc(F)cc2F)CC1. The van der Waals surface area contributed by atoms with E-state index >= 15 is 0 Å². The van der Waals surface area contributed by atoms with Crippen molar-refractivity contribution < 1.29 is 8.78 Å². The standard InChI is InChI=1S/C18H22F2N4/c1-23-7-9-24(10-8-23)18-15(3-2-6-22-18)13-21-12-14-4-5-16(19)11-17(14)20/h2-6,11,21H,7-10,12-13H2,1H3. The van der Waals surface area contributed by atoms with Gasteiger partial charge in [0.05, 0.1) is 0 Å². The first kappa shape index (κ1) is 16.8. The van der Waals surface area contributed by atoms with Crippen LogP contribution in [-0.2, 0) is 13.1 Å². The molecule has 1 aromatic carbocycles. The van der Waals surface area contributed by atoms with Crippen LogP contribution in [0, 0.1) is 11.6 Å². The lowest BCUT2D eigenvalue weighted by molar-refractivity contribution is 0.311. The summed E-state index contributed by atoms with van der Waals surface area (Å²) in [6.45, 7) is 4.88. The fourth-order valence-electron chi connectivity index (χ4n) is 2.87. The van der Waals surface area contributed by atoms with E-state index in [0.29, 0.717) is 18.7 Å². The van der Waals surface area contributed by atoms with Crippen molar-refractivity contribution in [3.05, 3.63) is 59.3 Å². The minimum atomic E-state index is -0.555. The van der Waals surface area contributed by atoms with E-state index in [9.17, 15) is 8.78 Å². The lowest BCUT2D eigenvalue weighted by Crippen LogP contribution is -2.45. The molecule has 1 aromatic heterocycles. The van der Waals surface area contributed by atoms with Crippen molar-refractivity contribution in [1.29, 1.82) is 0 Å². The van der Waals surface area contributed by atoms with Crippen molar-refractivity contribution in [2.75, 3.05) is 38.1 Å². The van der Waals surface area contributed by atoms with E-state index in [-0.39, 0.29) is 0 Å². The summed E-state index contributed by atoms with van der Waals surface area (Å²) >= 11 is 0. The molecule has 1 aliphatic rings. The monoisotopic (exact) mass is 332 g/mol. The molecular formula is C18H22F2N4. The highest BCUT2D eigenvalue weighted by Crippen LogP contribution is 2.19. The molecule has 2 heterocycles. The third-order valence-electron chi connectivity index (χ3n) is 4.32. The van der Waals surface area contributed by atoms with Crippen LogP contribution in [0.25, 0.3) is 0 Å². The topological polar surface area (TPSA) is 31.4 Å². The average Bonchev–Trinajstić information content (AvgIpc) is 2.58. The van der Waals surface area contributed by atoms with Crippen molar-refractivity contribution >= 4 is 5.82 Å². The highest BCUT2D eigenvalue weighted by Gasteiger charge is 2.17. The van der Waals surface area contributed by atoms with E-state index in [1.807, 2.05) is 12.1 Å². The van der Waals surface area contributed by atoms with E-state index in [4.69, 9.17) is 0 Å². The zero-order chi connectivity index (χ0) is 16.9. The number of rotatable bonds is 5. The lowest BCUT2D eigenvalue weighted by atomic mass is 10.2. The Balaban J connectivity index is 1.63. The number of aromatic nitrogens is 1. The van der Waals surface area contributed by atoms with Crippen LogP contribution in [-0.4, -0.2) is 43.1 Å². The van der Waals surface area contributed by atoms with Gasteiger partial charge in [-0.3, -0.25) is 0 Å². The first-order valence-corrected chi connectivity index (χ1v) is 8.15. The summed E-state index contributed by atoms with van der Waals surface area (Å²) in [7, 11) is 2.12. The Kier molecular flexibility index (Phi) is 5.37. The van der Waals surface area contributed by atoms with Gasteiger partial charge in [0.25, 0.3) is 0 Å². The Morgan fingerprint density at radius 1 is 1.04 bits per heavy atom. The molecule has 1 aliphatic heterocycles. The molecule has 128 valence electrons. The zero-order valence-electron chi connectivity index (χ0n) is 13.8. The Morgan fingerprint density at radius 3 is 2.54 bits per heavy atom. The van der Waals surface area contributed by atoms with Gasteiger partial charge in [0, 0.05) is 62.7 Å². The summed E-state index contributed by atoms with van der Waals surface area (Å²) in [4.78, 5) is 9.11. The normalized spacial score (nSPS) is 15.7. The number of benzene rings is 1. The van der Waals surface area contributed by atoms with Crippen LogP contribution < -0.4 is 10.2 Å². The molecule has 24 heavy (non-hydrogen) atoms. The molecule has 2 aromatic rings. The van der Waals surface area contributed by atoms with E-state index in [0.717, 1.165) is 43.6 Å². The number of likely N-dealkylation sites (N-methyl/N-ethyl adjacent to an activating group) is 1. The van der Waals surface area contributed by atoms with Gasteiger partial charge >= 0.3 is 0 Å². The fraction of sp³-hybridized carbons (Fsp3) is 0.389. The van der Waals surface area contributed by atoms with Gasteiger partial charge in [-0.1, -0.05) is 12.1 Å². The molecule has 6 heteroatoms. The molecule has 0 aliphatic carbocycles. The molecule has 0 unspecified atom stereocenters. The molecule has 0 spiro atoms. The maximum atomic E-state index is 13.7. The number of nitrogens with zero attached hydrogens (tertiary/aromatic N) is 3. The van der Waals surface area contributed by atoms with Gasteiger partial charge in [0.2, 0.25) is 0 Å². The largest absolute Gasteiger partial charge is 0.354 e. The molecular weight excluding hydrogens is 310 g/mol. The van der Waals surface area contributed by atoms with Crippen LogP contribution in [0.15, 0.2) is 36.5 Å². The van der Waals surface area contributed by atoms with Gasteiger partial charge in [-0.25, -0.2) is 13.8 Å². The summed E-state index contributed by atoms with van der Waals surface area (Å²) < 4.78 is 26.6. The summed E-state index contributed by atoms with van der Waals surface area (Å²) in [5.74, 6) is -0.0912. The van der Waals surface area contributed by atoms with Gasteiger partial charge in [-0.05, 0) is 19.2 Å². The maximum Gasteiger partial charge on any atom is 0.133 e. The van der Waals surface area contributed by atoms with Crippen LogP contribution >= 0.6 is 0 Å². The minimum Gasteiger partial charge on any atom is -0.354 e. The molecule has 0 saturated carbocycles. The van der Waals surface area contributed by atoms with E-state index < -0.39 is 11.6 Å². The molecule has 0 bridgehead atoms. The Bertz CT molecular complexity index is 684. The lowest BCUT2D eigenvalue weighted by Gasteiger charge is -2.34. The highest BCUT2D eigenvalue weighted by atomic mass is 19.1. The van der Waals surface area contributed by atoms with E-state index in [1.54, 1.807) is 6.20 Å². The van der Waals surface area contributed by atoms with Crippen molar-refractivity contribution in [2.24, 2.45) is 0 Å². The van der Waals surface area contributed by atoms with E-state index in [1.165, 1.54) is 12.1 Å². The smallest absolute Gasteiger partial charge is 0.133 e. The molecule has 4 nitrogen and oxygen atoms in total. The van der Waals surface area contributed by atoms with Gasteiger partial charge in [-0.15, -0.1) is 0 Å². The summed E-state index contributed by atoms with van der Waals surface area (Å²) in [6.07, 6.45) is 1.80. The maximum absolute atomic E-state index is 13.7. The Hall–Kier alpha value is -2.05. The molecule has 1 fully saturated rings. The third kappa shape index (κ3) is 4.07. The Labute approximate surface area is 141 Å². The minimum absolute atomic E-state index is 0.350. The second kappa shape index (κ2) is 7.68. The summed E-state index contributed by atoms with van der Waals surface area (Å²) in [6, 6.07) is 7.61. The first-order valence-electron chi connectivity index (χ1n) is 8.15. The van der Waals surface area contributed by atoms with Crippen molar-refractivity contribution in [1.82, 2.24) is 15.2 Å². The third-order valence-corrected chi connectivity index (χ3v) is 4.32. The van der Waals surface area contributed by atoms with Crippen LogP contribution in [0.5, 0.6) is 0 Å². The number of anilines is 1. The first-order chi connectivity index (χ1) is 11.6. The van der Waals surface area contributed by atoms with Crippen molar-refractivity contribution in [2.45, 2.75) is 13.1 Å². The fourth-order valence-corrected chi connectivity index (χ4v) is 2.87. The van der Waals surface area contributed by atoms with Crippen LogP contribution in [0.3, 0.4) is 0 Å². The van der Waals surface area contributed by atoms with Gasteiger partial charge in [0.1, 0.15) is 17.5 Å². The number of nitrogens with one attached hydrogen (secondary N) is 1. The molecule has 1 N–H and O–H groups in total. The molecule has 3 rings (SSSR count). The predicted molar refractivity (Wildman–Crippen MR) is 90.8 cm³/mol. The summed E-state index contributed by atoms with van der Waals surface area (Å²) in [5.41, 5.74) is 1.55. The Morgan fingerprint density at radius 2 is 1.79 bits per heavy atom. The van der Waals surface area contributed by atoms with Gasteiger partial charge in [0.15, 0.2) is 0 Å². The molecule has 0 amide bonds. The number of piperazine rings is 1. The quantitative estimate of drug-likeness (QED) is 0.911. The number of hydrogen-bond donors (Lipinski definition) is 1. The average molecular weight is 332 g/mol. The molecule has 0 atom stereocenters. The van der Waals surface area contributed by atoms with Crippen molar-refractivity contribution in [3.8, 4) is 0 Å². The van der Waals surface area contributed by atoms with Crippen LogP contribution in [0.4, 0.5) is 14.6 Å². The second-order valence-corrected chi connectivity index (χ2v) is 6.12. The molecule has 0 radical (unpaired) electrons. The van der Waals surface area contributed by atoms with Crippen LogP contribution in [0.1, 0.15) is 11.1 Å². The van der Waals surface area contributed by atoms with E-state index in [2.05, 4.69) is 27.1 Å². The zero-order valence-corrected chi connectivity index (χ0v) is 13.8. The van der Waals surface area contributed by atoms with Crippen molar-refractivity contribution in [3.63, 3.8) is 0 Å². The van der Waals surface area contributed by atoms with Gasteiger partial charge < -0.3 is 15.1 Å². The molecule has 1 saturated heterocycles.